The molecule has 22 heavy (non-hydrogen) atoms. The molecule has 1 saturated carbocycles. The highest BCUT2D eigenvalue weighted by molar-refractivity contribution is 5.71. The Bertz CT molecular complexity index is 421. The summed E-state index contributed by atoms with van der Waals surface area (Å²) in [4.78, 5) is 23.7. The minimum absolute atomic E-state index is 0.0967. The molecule has 0 spiro atoms. The van der Waals surface area contributed by atoms with Gasteiger partial charge in [-0.2, -0.15) is 0 Å². The van der Waals surface area contributed by atoms with Gasteiger partial charge in [-0.25, -0.2) is 4.79 Å². The molecule has 2 rings (SSSR count). The first-order valence-corrected chi connectivity index (χ1v) is 8.42. The molecular formula is C17H29NO4. The number of hydrogen-bond donors (Lipinski definition) is 1. The maximum atomic E-state index is 12.3. The van der Waals surface area contributed by atoms with Crippen molar-refractivity contribution in [3.05, 3.63) is 0 Å². The fourth-order valence-electron chi connectivity index (χ4n) is 3.64. The van der Waals surface area contributed by atoms with E-state index in [1.54, 1.807) is 0 Å². The van der Waals surface area contributed by atoms with Crippen molar-refractivity contribution in [2.75, 3.05) is 0 Å². The monoisotopic (exact) mass is 311 g/mol. The first-order valence-electron chi connectivity index (χ1n) is 8.42. The molecule has 0 radical (unpaired) electrons. The van der Waals surface area contributed by atoms with Gasteiger partial charge in [0.25, 0.3) is 0 Å². The normalized spacial score (nSPS) is 26.2. The summed E-state index contributed by atoms with van der Waals surface area (Å²) in [6.07, 6.45) is 5.96. The number of nitrogens with one attached hydrogen (secondary N) is 1. The number of carbonyl (C=O) groups is 2. The van der Waals surface area contributed by atoms with Gasteiger partial charge >= 0.3 is 12.1 Å². The standard InChI is InChI=1S/C17H29NO4/c1-12(13-8-9-14(19)21-13)17(10-6-5-7-11-17)18-15(20)22-16(2,3)4/h12-13H,5-11H2,1-4H3,(H,18,20). The molecule has 0 bridgehead atoms. The highest BCUT2D eigenvalue weighted by atomic mass is 16.6. The number of alkyl carbamates (subject to hydrolysis) is 1. The van der Waals surface area contributed by atoms with E-state index in [2.05, 4.69) is 12.2 Å². The van der Waals surface area contributed by atoms with Crippen LogP contribution in [0.3, 0.4) is 0 Å². The third-order valence-corrected chi connectivity index (χ3v) is 4.84. The Hall–Kier alpha value is -1.26. The number of cyclic esters (lactones) is 1. The quantitative estimate of drug-likeness (QED) is 0.809. The van der Waals surface area contributed by atoms with Crippen LogP contribution in [0.25, 0.3) is 0 Å². The van der Waals surface area contributed by atoms with E-state index in [9.17, 15) is 9.59 Å². The first kappa shape index (κ1) is 17.1. The summed E-state index contributed by atoms with van der Waals surface area (Å²) < 4.78 is 10.9. The smallest absolute Gasteiger partial charge is 0.408 e. The fraction of sp³-hybridized carbons (Fsp3) is 0.882. The van der Waals surface area contributed by atoms with Crippen LogP contribution in [0.5, 0.6) is 0 Å². The summed E-state index contributed by atoms with van der Waals surface area (Å²) in [5.41, 5.74) is -0.834. The number of esters is 1. The molecule has 1 amide bonds. The SMILES string of the molecule is CC(C1CCC(=O)O1)C1(NC(=O)OC(C)(C)C)CCCCC1. The van der Waals surface area contributed by atoms with Crippen LogP contribution in [0.15, 0.2) is 0 Å². The summed E-state index contributed by atoms with van der Waals surface area (Å²) in [7, 11) is 0. The van der Waals surface area contributed by atoms with E-state index < -0.39 is 5.60 Å². The van der Waals surface area contributed by atoms with Crippen molar-refractivity contribution < 1.29 is 19.1 Å². The molecule has 0 aromatic carbocycles. The van der Waals surface area contributed by atoms with Crippen LogP contribution in [-0.2, 0) is 14.3 Å². The molecule has 126 valence electrons. The minimum Gasteiger partial charge on any atom is -0.462 e. The predicted octanol–water partition coefficient (Wildman–Crippen LogP) is 3.56. The van der Waals surface area contributed by atoms with Crippen LogP contribution in [0.2, 0.25) is 0 Å². The lowest BCUT2D eigenvalue weighted by atomic mass is 9.71. The second-order valence-corrected chi connectivity index (χ2v) is 7.70. The van der Waals surface area contributed by atoms with Gasteiger partial charge in [-0.15, -0.1) is 0 Å². The Kier molecular flexibility index (Phi) is 5.03. The average molecular weight is 311 g/mol. The maximum absolute atomic E-state index is 12.3. The van der Waals surface area contributed by atoms with Gasteiger partial charge in [-0.05, 0) is 40.0 Å². The van der Waals surface area contributed by atoms with E-state index in [0.29, 0.717) is 6.42 Å². The van der Waals surface area contributed by atoms with Crippen LogP contribution < -0.4 is 5.32 Å². The summed E-state index contributed by atoms with van der Waals surface area (Å²) in [6.45, 7) is 7.68. The van der Waals surface area contributed by atoms with E-state index in [0.717, 1.165) is 32.1 Å². The predicted molar refractivity (Wildman–Crippen MR) is 83.5 cm³/mol. The Balaban J connectivity index is 2.09. The molecule has 5 nitrogen and oxygen atoms in total. The van der Waals surface area contributed by atoms with Crippen molar-refractivity contribution in [3.63, 3.8) is 0 Å². The van der Waals surface area contributed by atoms with Gasteiger partial charge in [0.1, 0.15) is 11.7 Å². The second-order valence-electron chi connectivity index (χ2n) is 7.70. The van der Waals surface area contributed by atoms with Crippen molar-refractivity contribution in [2.24, 2.45) is 5.92 Å². The summed E-state index contributed by atoms with van der Waals surface area (Å²) >= 11 is 0. The van der Waals surface area contributed by atoms with Crippen LogP contribution in [-0.4, -0.2) is 29.3 Å². The highest BCUT2D eigenvalue weighted by Crippen LogP contribution is 2.39. The molecule has 1 saturated heterocycles. The summed E-state index contributed by atoms with van der Waals surface area (Å²) in [6, 6.07) is 0. The van der Waals surface area contributed by atoms with Crippen LogP contribution in [0.4, 0.5) is 4.79 Å². The van der Waals surface area contributed by atoms with E-state index >= 15 is 0 Å². The molecule has 1 heterocycles. The van der Waals surface area contributed by atoms with Crippen molar-refractivity contribution in [1.29, 1.82) is 0 Å². The van der Waals surface area contributed by atoms with Crippen LogP contribution in [0, 0.1) is 5.92 Å². The second kappa shape index (κ2) is 6.47. The number of ether oxygens (including phenoxy) is 2. The molecule has 0 aromatic rings. The van der Waals surface area contributed by atoms with Crippen LogP contribution >= 0.6 is 0 Å². The third-order valence-electron chi connectivity index (χ3n) is 4.84. The number of rotatable bonds is 3. The molecule has 2 unspecified atom stereocenters. The van der Waals surface area contributed by atoms with Gasteiger partial charge < -0.3 is 14.8 Å². The first-order chi connectivity index (χ1) is 10.2. The van der Waals surface area contributed by atoms with E-state index in [1.807, 2.05) is 20.8 Å². The van der Waals surface area contributed by atoms with Gasteiger partial charge in [-0.3, -0.25) is 4.79 Å². The lowest BCUT2D eigenvalue weighted by Gasteiger charge is -2.44. The molecule has 2 fully saturated rings. The van der Waals surface area contributed by atoms with E-state index in [1.165, 1.54) is 6.42 Å². The average Bonchev–Trinajstić information content (AvgIpc) is 2.83. The maximum Gasteiger partial charge on any atom is 0.408 e. The number of hydrogen-bond acceptors (Lipinski definition) is 4. The largest absolute Gasteiger partial charge is 0.462 e. The zero-order valence-electron chi connectivity index (χ0n) is 14.2. The zero-order chi connectivity index (χ0) is 16.4. The Morgan fingerprint density at radius 1 is 1.32 bits per heavy atom. The fourth-order valence-corrected chi connectivity index (χ4v) is 3.64. The number of carbonyl (C=O) groups excluding carboxylic acids is 2. The van der Waals surface area contributed by atoms with Gasteiger partial charge in [-0.1, -0.05) is 26.2 Å². The minimum atomic E-state index is -0.511. The van der Waals surface area contributed by atoms with Gasteiger partial charge in [0.2, 0.25) is 0 Å². The lowest BCUT2D eigenvalue weighted by Crippen LogP contribution is -2.57. The van der Waals surface area contributed by atoms with E-state index in [-0.39, 0.29) is 29.6 Å². The third kappa shape index (κ3) is 4.14. The molecular weight excluding hydrogens is 282 g/mol. The van der Waals surface area contributed by atoms with Gasteiger partial charge in [0.15, 0.2) is 0 Å². The van der Waals surface area contributed by atoms with Crippen molar-refractivity contribution in [1.82, 2.24) is 5.32 Å². The van der Waals surface area contributed by atoms with Crippen LogP contribution in [0.1, 0.15) is 72.6 Å². The van der Waals surface area contributed by atoms with Crippen molar-refractivity contribution >= 4 is 12.1 Å². The topological polar surface area (TPSA) is 64.6 Å². The molecule has 1 aliphatic carbocycles. The highest BCUT2D eigenvalue weighted by Gasteiger charge is 2.45. The molecule has 5 heteroatoms. The Labute approximate surface area is 133 Å². The van der Waals surface area contributed by atoms with Gasteiger partial charge in [0.05, 0.1) is 0 Å². The Morgan fingerprint density at radius 2 is 1.95 bits per heavy atom. The molecule has 1 aliphatic heterocycles. The number of amides is 1. The molecule has 2 aliphatic rings. The summed E-state index contributed by atoms with van der Waals surface area (Å²) in [5, 5.41) is 3.13. The molecule has 0 aromatic heterocycles. The zero-order valence-corrected chi connectivity index (χ0v) is 14.2. The van der Waals surface area contributed by atoms with Crippen molar-refractivity contribution in [2.45, 2.75) is 89.9 Å². The lowest BCUT2D eigenvalue weighted by molar-refractivity contribution is -0.144. The van der Waals surface area contributed by atoms with Gasteiger partial charge in [0, 0.05) is 17.9 Å². The van der Waals surface area contributed by atoms with Crippen molar-refractivity contribution in [3.8, 4) is 0 Å². The summed E-state index contributed by atoms with van der Waals surface area (Å²) in [5.74, 6) is -0.0214. The Morgan fingerprint density at radius 3 is 2.45 bits per heavy atom. The van der Waals surface area contributed by atoms with E-state index in [4.69, 9.17) is 9.47 Å². The molecule has 1 N–H and O–H groups in total. The molecule has 2 atom stereocenters.